The first-order valence-electron chi connectivity index (χ1n) is 8.08. The SMILES string of the molecule is CC(=O)N(CCC(=O)NCCCc1ccccc1)c1cc(C)on1. The topological polar surface area (TPSA) is 75.4 Å². The Morgan fingerprint density at radius 2 is 2.00 bits per heavy atom. The van der Waals surface area contributed by atoms with Gasteiger partial charge in [0.05, 0.1) is 0 Å². The summed E-state index contributed by atoms with van der Waals surface area (Å²) in [5.74, 6) is 0.827. The quantitative estimate of drug-likeness (QED) is 0.755. The van der Waals surface area contributed by atoms with Crippen LogP contribution in [0.2, 0.25) is 0 Å². The molecule has 2 rings (SSSR count). The summed E-state index contributed by atoms with van der Waals surface area (Å²) in [5, 5.41) is 6.71. The zero-order chi connectivity index (χ0) is 17.4. The highest BCUT2D eigenvalue weighted by Gasteiger charge is 2.16. The van der Waals surface area contributed by atoms with Crippen LogP contribution in [0.1, 0.15) is 31.1 Å². The van der Waals surface area contributed by atoms with Crippen LogP contribution in [0.25, 0.3) is 0 Å². The molecule has 1 aromatic carbocycles. The number of carbonyl (C=O) groups is 2. The summed E-state index contributed by atoms with van der Waals surface area (Å²) in [6.07, 6.45) is 2.05. The van der Waals surface area contributed by atoms with Crippen LogP contribution in [0.15, 0.2) is 40.9 Å². The van der Waals surface area contributed by atoms with Crippen molar-refractivity contribution in [3.63, 3.8) is 0 Å². The van der Waals surface area contributed by atoms with E-state index >= 15 is 0 Å². The first kappa shape index (κ1) is 17.7. The van der Waals surface area contributed by atoms with Crippen LogP contribution in [0.3, 0.4) is 0 Å². The third-order valence-electron chi connectivity index (χ3n) is 3.64. The lowest BCUT2D eigenvalue weighted by Crippen LogP contribution is -2.34. The zero-order valence-corrected chi connectivity index (χ0v) is 14.1. The molecule has 0 aliphatic carbocycles. The average molecular weight is 329 g/mol. The minimum Gasteiger partial charge on any atom is -0.360 e. The molecule has 0 atom stereocenters. The van der Waals surface area contributed by atoms with Gasteiger partial charge in [0.1, 0.15) is 5.76 Å². The Labute approximate surface area is 141 Å². The summed E-state index contributed by atoms with van der Waals surface area (Å²) in [5.41, 5.74) is 1.26. The van der Waals surface area contributed by atoms with E-state index in [1.54, 1.807) is 13.0 Å². The predicted molar refractivity (Wildman–Crippen MR) is 91.7 cm³/mol. The molecule has 2 aromatic rings. The lowest BCUT2D eigenvalue weighted by Gasteiger charge is -2.17. The Morgan fingerprint density at radius 1 is 1.25 bits per heavy atom. The van der Waals surface area contributed by atoms with Crippen LogP contribution >= 0.6 is 0 Å². The maximum atomic E-state index is 11.9. The number of carbonyl (C=O) groups excluding carboxylic acids is 2. The van der Waals surface area contributed by atoms with E-state index in [0.29, 0.717) is 18.1 Å². The van der Waals surface area contributed by atoms with Crippen molar-refractivity contribution >= 4 is 17.6 Å². The van der Waals surface area contributed by atoms with Gasteiger partial charge in [-0.25, -0.2) is 0 Å². The standard InChI is InChI=1S/C18H23N3O3/c1-14-13-17(20-24-14)21(15(2)22)12-10-18(23)19-11-6-9-16-7-4-3-5-8-16/h3-5,7-8,13H,6,9-12H2,1-2H3,(H,19,23). The van der Waals surface area contributed by atoms with Gasteiger partial charge in [-0.1, -0.05) is 35.5 Å². The molecule has 0 unspecified atom stereocenters. The van der Waals surface area contributed by atoms with Crippen molar-refractivity contribution in [2.45, 2.75) is 33.1 Å². The summed E-state index contributed by atoms with van der Waals surface area (Å²) in [4.78, 5) is 25.1. The Hall–Kier alpha value is -2.63. The van der Waals surface area contributed by atoms with Crippen LogP contribution in [0, 0.1) is 6.92 Å². The Bertz CT molecular complexity index is 667. The second kappa shape index (κ2) is 8.86. The van der Waals surface area contributed by atoms with Crippen LogP contribution in [-0.2, 0) is 16.0 Å². The van der Waals surface area contributed by atoms with E-state index in [4.69, 9.17) is 4.52 Å². The number of nitrogens with one attached hydrogen (secondary N) is 1. The van der Waals surface area contributed by atoms with Crippen LogP contribution < -0.4 is 10.2 Å². The van der Waals surface area contributed by atoms with Crippen LogP contribution in [0.5, 0.6) is 0 Å². The van der Waals surface area contributed by atoms with Crippen molar-refractivity contribution in [2.24, 2.45) is 0 Å². The van der Waals surface area contributed by atoms with E-state index in [0.717, 1.165) is 12.8 Å². The lowest BCUT2D eigenvalue weighted by atomic mass is 10.1. The molecular weight excluding hydrogens is 306 g/mol. The summed E-state index contributed by atoms with van der Waals surface area (Å²) in [7, 11) is 0. The van der Waals surface area contributed by atoms with E-state index in [1.807, 2.05) is 18.2 Å². The Balaban J connectivity index is 1.70. The first-order chi connectivity index (χ1) is 11.6. The number of aromatic nitrogens is 1. The molecule has 0 saturated heterocycles. The van der Waals surface area contributed by atoms with E-state index < -0.39 is 0 Å². The van der Waals surface area contributed by atoms with Gasteiger partial charge in [0.25, 0.3) is 0 Å². The van der Waals surface area contributed by atoms with Crippen LogP contribution in [0.4, 0.5) is 5.82 Å². The molecular formula is C18H23N3O3. The number of nitrogens with zero attached hydrogens (tertiary/aromatic N) is 2. The molecule has 0 aliphatic rings. The van der Waals surface area contributed by atoms with Gasteiger partial charge in [0.2, 0.25) is 11.8 Å². The normalized spacial score (nSPS) is 10.4. The fourth-order valence-electron chi connectivity index (χ4n) is 2.38. The van der Waals surface area contributed by atoms with Gasteiger partial charge in [-0.05, 0) is 25.3 Å². The number of anilines is 1. The lowest BCUT2D eigenvalue weighted by molar-refractivity contribution is -0.121. The summed E-state index contributed by atoms with van der Waals surface area (Å²) >= 11 is 0. The maximum absolute atomic E-state index is 11.9. The predicted octanol–water partition coefficient (Wildman–Crippen LogP) is 2.48. The second-order valence-corrected chi connectivity index (χ2v) is 5.66. The molecule has 24 heavy (non-hydrogen) atoms. The van der Waals surface area contributed by atoms with E-state index in [9.17, 15) is 9.59 Å². The summed E-state index contributed by atoms with van der Waals surface area (Å²) in [6, 6.07) is 11.8. The van der Waals surface area contributed by atoms with Crippen molar-refractivity contribution in [3.8, 4) is 0 Å². The fourth-order valence-corrected chi connectivity index (χ4v) is 2.38. The molecule has 1 heterocycles. The molecule has 0 bridgehead atoms. The molecule has 0 spiro atoms. The van der Waals surface area contributed by atoms with Gasteiger partial charge in [-0.15, -0.1) is 0 Å². The molecule has 128 valence electrons. The number of rotatable bonds is 8. The molecule has 2 amide bonds. The second-order valence-electron chi connectivity index (χ2n) is 5.66. The Morgan fingerprint density at radius 3 is 2.62 bits per heavy atom. The molecule has 0 fully saturated rings. The largest absolute Gasteiger partial charge is 0.360 e. The van der Waals surface area contributed by atoms with Gasteiger partial charge >= 0.3 is 0 Å². The highest BCUT2D eigenvalue weighted by Crippen LogP contribution is 2.14. The number of hydrogen-bond acceptors (Lipinski definition) is 4. The van der Waals surface area contributed by atoms with Gasteiger partial charge in [-0.3, -0.25) is 14.5 Å². The maximum Gasteiger partial charge on any atom is 0.225 e. The number of hydrogen-bond donors (Lipinski definition) is 1. The van der Waals surface area contributed by atoms with Crippen molar-refractivity contribution in [1.29, 1.82) is 0 Å². The summed E-state index contributed by atoms with van der Waals surface area (Å²) < 4.78 is 4.98. The molecule has 6 heteroatoms. The molecule has 0 radical (unpaired) electrons. The molecule has 0 saturated carbocycles. The minimum atomic E-state index is -0.167. The number of benzene rings is 1. The Kier molecular flexibility index (Phi) is 6.54. The number of amides is 2. The van der Waals surface area contributed by atoms with Crippen molar-refractivity contribution in [1.82, 2.24) is 10.5 Å². The van der Waals surface area contributed by atoms with Gasteiger partial charge in [-0.2, -0.15) is 0 Å². The van der Waals surface area contributed by atoms with E-state index in [1.165, 1.54) is 17.4 Å². The third-order valence-corrected chi connectivity index (χ3v) is 3.64. The van der Waals surface area contributed by atoms with Gasteiger partial charge < -0.3 is 9.84 Å². The van der Waals surface area contributed by atoms with Crippen molar-refractivity contribution in [2.75, 3.05) is 18.0 Å². The van der Waals surface area contributed by atoms with Gasteiger partial charge in [0.15, 0.2) is 5.82 Å². The highest BCUT2D eigenvalue weighted by atomic mass is 16.5. The summed E-state index contributed by atoms with van der Waals surface area (Å²) in [6.45, 7) is 4.11. The third kappa shape index (κ3) is 5.53. The molecule has 1 aromatic heterocycles. The van der Waals surface area contributed by atoms with E-state index in [-0.39, 0.29) is 24.8 Å². The van der Waals surface area contributed by atoms with Crippen molar-refractivity contribution < 1.29 is 14.1 Å². The highest BCUT2D eigenvalue weighted by molar-refractivity contribution is 5.91. The van der Waals surface area contributed by atoms with Gasteiger partial charge in [0, 0.05) is 32.5 Å². The fraction of sp³-hybridized carbons (Fsp3) is 0.389. The monoisotopic (exact) mass is 329 g/mol. The zero-order valence-electron chi connectivity index (χ0n) is 14.1. The molecule has 1 N–H and O–H groups in total. The smallest absolute Gasteiger partial charge is 0.225 e. The van der Waals surface area contributed by atoms with Crippen molar-refractivity contribution in [3.05, 3.63) is 47.7 Å². The van der Waals surface area contributed by atoms with Crippen LogP contribution in [-0.4, -0.2) is 30.1 Å². The van der Waals surface area contributed by atoms with E-state index in [2.05, 4.69) is 22.6 Å². The molecule has 0 aliphatic heterocycles. The average Bonchev–Trinajstić information content (AvgIpc) is 2.98. The first-order valence-corrected chi connectivity index (χ1v) is 8.08. The minimum absolute atomic E-state index is 0.0745. The number of aryl methyl sites for hydroxylation is 2. The molecule has 6 nitrogen and oxygen atoms in total.